The van der Waals surface area contributed by atoms with Crippen LogP contribution in [0.3, 0.4) is 0 Å². The number of nitrogens with zero attached hydrogens (tertiary/aromatic N) is 3. The molecule has 10 heteroatoms. The molecule has 2 heterocycles. The number of amides is 1. The fourth-order valence-electron chi connectivity index (χ4n) is 3.89. The lowest BCUT2D eigenvalue weighted by Gasteiger charge is -2.15. The molecule has 0 bridgehead atoms. The molecule has 1 saturated heterocycles. The number of halogens is 2. The van der Waals surface area contributed by atoms with E-state index < -0.39 is 5.82 Å². The van der Waals surface area contributed by atoms with Crippen molar-refractivity contribution in [1.29, 1.82) is 5.26 Å². The summed E-state index contributed by atoms with van der Waals surface area (Å²) < 4.78 is 19.0. The van der Waals surface area contributed by atoms with Crippen LogP contribution in [-0.4, -0.2) is 53.7 Å². The fraction of sp³-hybridized carbons (Fsp3) is 0.240. The molecule has 3 aromatic rings. The molecule has 1 unspecified atom stereocenters. The number of aliphatic hydroxyl groups excluding tert-OH is 1. The number of aromatic nitrogens is 1. The molecule has 0 saturated carbocycles. The highest BCUT2D eigenvalue weighted by atomic mass is 35.5. The third kappa shape index (κ3) is 5.69. The van der Waals surface area contributed by atoms with Gasteiger partial charge in [0, 0.05) is 49.0 Å². The molecule has 1 atom stereocenters. The van der Waals surface area contributed by atoms with Crippen molar-refractivity contribution in [2.24, 2.45) is 0 Å². The molecule has 8 nitrogen and oxygen atoms in total. The number of pyridine rings is 1. The summed E-state index contributed by atoms with van der Waals surface area (Å²) in [5.74, 6) is -0.512. The SMILES string of the molecule is COc1cc2ncc(C#N)c(Nc3ccc(F)c(Cl)c3)c2cc1NC(=O)C=CCN1CCC(O)C1. The normalized spacial score (nSPS) is 15.9. The smallest absolute Gasteiger partial charge is 0.248 e. The quantitative estimate of drug-likeness (QED) is 0.421. The standard InChI is InChI=1S/C25H23ClFN5O3/c1-35-23-11-21-18(10-22(23)31-24(34)3-2-7-32-8-6-17(33)14-32)25(15(12-28)13-29-21)30-16-4-5-20(27)19(26)9-16/h2-5,9-11,13,17,33H,6-8,14H2,1H3,(H,29,30)(H,31,34). The van der Waals surface area contributed by atoms with Crippen molar-refractivity contribution < 1.29 is 19.0 Å². The van der Waals surface area contributed by atoms with E-state index in [-0.39, 0.29) is 22.6 Å². The number of nitriles is 1. The average molecular weight is 496 g/mol. The van der Waals surface area contributed by atoms with Crippen LogP contribution in [0.25, 0.3) is 10.9 Å². The van der Waals surface area contributed by atoms with Crippen molar-refractivity contribution in [3.63, 3.8) is 0 Å². The van der Waals surface area contributed by atoms with Crippen molar-refractivity contribution in [2.45, 2.75) is 12.5 Å². The van der Waals surface area contributed by atoms with E-state index in [9.17, 15) is 19.6 Å². The van der Waals surface area contributed by atoms with E-state index in [4.69, 9.17) is 16.3 Å². The third-order valence-corrected chi connectivity index (χ3v) is 5.93. The van der Waals surface area contributed by atoms with E-state index >= 15 is 0 Å². The zero-order valence-corrected chi connectivity index (χ0v) is 19.6. The first-order valence-corrected chi connectivity index (χ1v) is 11.3. The van der Waals surface area contributed by atoms with Crippen LogP contribution in [0.2, 0.25) is 5.02 Å². The zero-order chi connectivity index (χ0) is 24.9. The van der Waals surface area contributed by atoms with Crippen molar-refractivity contribution in [3.05, 3.63) is 65.1 Å². The van der Waals surface area contributed by atoms with Gasteiger partial charge >= 0.3 is 0 Å². The van der Waals surface area contributed by atoms with E-state index in [1.54, 1.807) is 18.2 Å². The Balaban J connectivity index is 1.63. The van der Waals surface area contributed by atoms with E-state index in [1.807, 2.05) is 0 Å². The van der Waals surface area contributed by atoms with Crippen molar-refractivity contribution >= 4 is 45.5 Å². The molecule has 0 aliphatic carbocycles. The summed E-state index contributed by atoms with van der Waals surface area (Å²) >= 11 is 5.91. The minimum Gasteiger partial charge on any atom is -0.494 e. The van der Waals surface area contributed by atoms with Crippen LogP contribution < -0.4 is 15.4 Å². The number of benzene rings is 2. The van der Waals surface area contributed by atoms with Crippen molar-refractivity contribution in [2.75, 3.05) is 37.4 Å². The van der Waals surface area contributed by atoms with Gasteiger partial charge in [-0.15, -0.1) is 0 Å². The highest BCUT2D eigenvalue weighted by Gasteiger charge is 2.19. The maximum atomic E-state index is 13.6. The number of carbonyl (C=O) groups excluding carboxylic acids is 1. The summed E-state index contributed by atoms with van der Waals surface area (Å²) in [6, 6.07) is 9.57. The summed E-state index contributed by atoms with van der Waals surface area (Å²) in [5, 5.41) is 25.7. The van der Waals surface area contributed by atoms with Crippen molar-refractivity contribution in [3.8, 4) is 11.8 Å². The number of anilines is 3. The van der Waals surface area contributed by atoms with E-state index in [0.717, 1.165) is 13.0 Å². The number of carbonyl (C=O) groups is 1. The van der Waals surface area contributed by atoms with Crippen LogP contribution in [-0.2, 0) is 4.79 Å². The van der Waals surface area contributed by atoms with E-state index in [0.29, 0.717) is 46.8 Å². The fourth-order valence-corrected chi connectivity index (χ4v) is 4.07. The molecular weight excluding hydrogens is 473 g/mol. The molecule has 0 spiro atoms. The van der Waals surface area contributed by atoms with Gasteiger partial charge in [0.05, 0.1) is 40.7 Å². The number of hydrogen-bond acceptors (Lipinski definition) is 7. The van der Waals surface area contributed by atoms with E-state index in [1.165, 1.54) is 37.6 Å². The second-order valence-corrected chi connectivity index (χ2v) is 8.48. The Kier molecular flexibility index (Phi) is 7.46. The highest BCUT2D eigenvalue weighted by Crippen LogP contribution is 2.36. The molecule has 4 rings (SSSR count). The first-order valence-electron chi connectivity index (χ1n) is 10.9. The number of hydrogen-bond donors (Lipinski definition) is 3. The number of aliphatic hydroxyl groups is 1. The lowest BCUT2D eigenvalue weighted by Crippen LogP contribution is -2.22. The number of β-amino-alcohol motifs (C(OH)–C–C–N with tert-alkyl or cyclic N) is 1. The Morgan fingerprint density at radius 3 is 2.94 bits per heavy atom. The monoisotopic (exact) mass is 495 g/mol. The Morgan fingerprint density at radius 1 is 1.43 bits per heavy atom. The van der Waals surface area contributed by atoms with Crippen LogP contribution in [0, 0.1) is 17.1 Å². The van der Waals surface area contributed by atoms with Crippen molar-refractivity contribution in [1.82, 2.24) is 9.88 Å². The maximum absolute atomic E-state index is 13.6. The zero-order valence-electron chi connectivity index (χ0n) is 18.9. The molecule has 1 aliphatic heterocycles. The average Bonchev–Trinajstić information content (AvgIpc) is 3.26. The van der Waals surface area contributed by atoms with Gasteiger partial charge in [-0.1, -0.05) is 17.7 Å². The number of likely N-dealkylation sites (tertiary alicyclic amines) is 1. The van der Waals surface area contributed by atoms with Crippen LogP contribution in [0.5, 0.6) is 5.75 Å². The Bertz CT molecular complexity index is 1340. The molecule has 1 amide bonds. The van der Waals surface area contributed by atoms with Gasteiger partial charge in [-0.3, -0.25) is 14.7 Å². The van der Waals surface area contributed by atoms with Gasteiger partial charge in [-0.05, 0) is 30.7 Å². The minimum absolute atomic E-state index is 0.0586. The molecule has 0 radical (unpaired) electrons. The highest BCUT2D eigenvalue weighted by molar-refractivity contribution is 6.31. The first-order chi connectivity index (χ1) is 16.9. The molecule has 2 aromatic carbocycles. The first kappa shape index (κ1) is 24.4. The largest absolute Gasteiger partial charge is 0.494 e. The molecule has 35 heavy (non-hydrogen) atoms. The molecule has 3 N–H and O–H groups in total. The number of methoxy groups -OCH3 is 1. The number of rotatable bonds is 7. The predicted octanol–water partition coefficient (Wildman–Crippen LogP) is 4.21. The number of nitrogens with one attached hydrogen (secondary N) is 2. The molecule has 1 fully saturated rings. The summed E-state index contributed by atoms with van der Waals surface area (Å²) in [7, 11) is 1.48. The van der Waals surface area contributed by atoms with Gasteiger partial charge in [0.15, 0.2) is 0 Å². The van der Waals surface area contributed by atoms with Crippen LogP contribution in [0.4, 0.5) is 21.5 Å². The molecule has 1 aliphatic rings. The lowest BCUT2D eigenvalue weighted by atomic mass is 10.1. The Hall–Kier alpha value is -3.71. The Labute approximate surface area is 206 Å². The summed E-state index contributed by atoms with van der Waals surface area (Å²) in [6.07, 6.45) is 5.00. The van der Waals surface area contributed by atoms with E-state index in [2.05, 4.69) is 26.6 Å². The molecular formula is C25H23ClFN5O3. The topological polar surface area (TPSA) is 111 Å². The van der Waals surface area contributed by atoms with Gasteiger partial charge < -0.3 is 20.5 Å². The third-order valence-electron chi connectivity index (χ3n) is 5.64. The summed E-state index contributed by atoms with van der Waals surface area (Å²) in [6.45, 7) is 1.94. The van der Waals surface area contributed by atoms with Crippen LogP contribution in [0.15, 0.2) is 48.7 Å². The predicted molar refractivity (Wildman–Crippen MR) is 133 cm³/mol. The van der Waals surface area contributed by atoms with Gasteiger partial charge in [0.2, 0.25) is 5.91 Å². The van der Waals surface area contributed by atoms with Gasteiger partial charge in [-0.2, -0.15) is 5.26 Å². The second kappa shape index (κ2) is 10.7. The minimum atomic E-state index is -0.555. The number of fused-ring (bicyclic) bond motifs is 1. The van der Waals surface area contributed by atoms with Gasteiger partial charge in [0.25, 0.3) is 0 Å². The van der Waals surface area contributed by atoms with Gasteiger partial charge in [0.1, 0.15) is 17.6 Å². The van der Waals surface area contributed by atoms with Crippen LogP contribution in [0.1, 0.15) is 12.0 Å². The van der Waals surface area contributed by atoms with Gasteiger partial charge in [-0.25, -0.2) is 4.39 Å². The lowest BCUT2D eigenvalue weighted by molar-refractivity contribution is -0.111. The molecule has 1 aromatic heterocycles. The summed E-state index contributed by atoms with van der Waals surface area (Å²) in [5.41, 5.74) is 2.09. The van der Waals surface area contributed by atoms with Crippen LogP contribution >= 0.6 is 11.6 Å². The second-order valence-electron chi connectivity index (χ2n) is 8.08. The number of ether oxygens (including phenoxy) is 1. The Morgan fingerprint density at radius 2 is 2.26 bits per heavy atom. The maximum Gasteiger partial charge on any atom is 0.248 e. The summed E-state index contributed by atoms with van der Waals surface area (Å²) in [4.78, 5) is 19.0. The molecule has 180 valence electrons.